The summed E-state index contributed by atoms with van der Waals surface area (Å²) in [6.45, 7) is 1.62. The van der Waals surface area contributed by atoms with Crippen LogP contribution in [0.5, 0.6) is 0 Å². The summed E-state index contributed by atoms with van der Waals surface area (Å²) in [5.74, 6) is 3.52. The smallest absolute Gasteiger partial charge is 0.221 e. The van der Waals surface area contributed by atoms with Crippen LogP contribution in [0.4, 0.5) is 4.39 Å². The molecule has 0 bridgehead atoms. The SMILES string of the molecule is O=C(CC1CSCCN1)NCCSCc1ccccc1F. The summed E-state index contributed by atoms with van der Waals surface area (Å²) >= 11 is 3.53. The van der Waals surface area contributed by atoms with Gasteiger partial charge in [0.2, 0.25) is 5.91 Å². The van der Waals surface area contributed by atoms with E-state index in [2.05, 4.69) is 10.6 Å². The number of carbonyl (C=O) groups is 1. The molecule has 0 aromatic heterocycles. The van der Waals surface area contributed by atoms with E-state index in [1.165, 1.54) is 6.07 Å². The van der Waals surface area contributed by atoms with Crippen LogP contribution in [-0.2, 0) is 10.5 Å². The molecule has 1 aliphatic heterocycles. The molecular weight excluding hydrogens is 307 g/mol. The molecule has 1 aromatic carbocycles. The normalized spacial score (nSPS) is 18.4. The lowest BCUT2D eigenvalue weighted by atomic mass is 10.2. The van der Waals surface area contributed by atoms with Gasteiger partial charge in [-0.1, -0.05) is 18.2 Å². The first-order valence-electron chi connectivity index (χ1n) is 7.14. The van der Waals surface area contributed by atoms with Crippen molar-refractivity contribution in [2.24, 2.45) is 0 Å². The molecule has 2 rings (SSSR count). The average Bonchev–Trinajstić information content (AvgIpc) is 2.50. The fourth-order valence-corrected chi connectivity index (χ4v) is 3.90. The number of hydrogen-bond donors (Lipinski definition) is 2. The minimum atomic E-state index is -0.157. The van der Waals surface area contributed by atoms with Gasteiger partial charge in [-0.25, -0.2) is 4.39 Å². The molecule has 1 saturated heterocycles. The summed E-state index contributed by atoms with van der Waals surface area (Å²) in [6.07, 6.45) is 0.547. The second kappa shape index (κ2) is 9.33. The van der Waals surface area contributed by atoms with E-state index in [4.69, 9.17) is 0 Å². The number of halogens is 1. The highest BCUT2D eigenvalue weighted by Crippen LogP contribution is 2.14. The summed E-state index contributed by atoms with van der Waals surface area (Å²) in [4.78, 5) is 11.8. The summed E-state index contributed by atoms with van der Waals surface area (Å²) in [5.41, 5.74) is 0.720. The van der Waals surface area contributed by atoms with Crippen molar-refractivity contribution in [3.8, 4) is 0 Å². The van der Waals surface area contributed by atoms with E-state index >= 15 is 0 Å². The molecule has 0 saturated carbocycles. The lowest BCUT2D eigenvalue weighted by molar-refractivity contribution is -0.121. The van der Waals surface area contributed by atoms with Gasteiger partial charge in [0.15, 0.2) is 0 Å². The number of carbonyl (C=O) groups excluding carboxylic acids is 1. The molecule has 0 radical (unpaired) electrons. The maximum atomic E-state index is 13.4. The third-order valence-electron chi connectivity index (χ3n) is 3.21. The Kier molecular flexibility index (Phi) is 7.39. The molecule has 1 aromatic rings. The van der Waals surface area contributed by atoms with Crippen molar-refractivity contribution in [2.75, 3.05) is 30.3 Å². The van der Waals surface area contributed by atoms with Gasteiger partial charge in [0.25, 0.3) is 0 Å². The van der Waals surface area contributed by atoms with Gasteiger partial charge in [-0.2, -0.15) is 23.5 Å². The van der Waals surface area contributed by atoms with E-state index in [0.29, 0.717) is 24.8 Å². The fourth-order valence-electron chi connectivity index (χ4n) is 2.11. The fraction of sp³-hybridized carbons (Fsp3) is 0.533. The number of amides is 1. The maximum Gasteiger partial charge on any atom is 0.221 e. The van der Waals surface area contributed by atoms with Crippen LogP contribution < -0.4 is 10.6 Å². The van der Waals surface area contributed by atoms with Gasteiger partial charge in [0, 0.05) is 48.6 Å². The van der Waals surface area contributed by atoms with Gasteiger partial charge in [-0.3, -0.25) is 4.79 Å². The Hall–Kier alpha value is -0.720. The van der Waals surface area contributed by atoms with Crippen molar-refractivity contribution >= 4 is 29.4 Å². The quantitative estimate of drug-likeness (QED) is 0.754. The predicted octanol–water partition coefficient (Wildman–Crippen LogP) is 2.27. The number of hydrogen-bond acceptors (Lipinski definition) is 4. The first-order chi connectivity index (χ1) is 10.3. The monoisotopic (exact) mass is 328 g/mol. The van der Waals surface area contributed by atoms with Crippen LogP contribution in [-0.4, -0.2) is 42.3 Å². The highest BCUT2D eigenvalue weighted by molar-refractivity contribution is 7.99. The Labute approximate surface area is 133 Å². The second-order valence-electron chi connectivity index (χ2n) is 4.92. The molecule has 0 aliphatic carbocycles. The van der Waals surface area contributed by atoms with Crippen LogP contribution in [0.2, 0.25) is 0 Å². The molecular formula is C15H21FN2OS2. The molecule has 1 atom stereocenters. The van der Waals surface area contributed by atoms with E-state index in [9.17, 15) is 9.18 Å². The zero-order valence-corrected chi connectivity index (χ0v) is 13.6. The number of rotatable bonds is 7. The van der Waals surface area contributed by atoms with Gasteiger partial charge >= 0.3 is 0 Å². The van der Waals surface area contributed by atoms with E-state index < -0.39 is 0 Å². The van der Waals surface area contributed by atoms with E-state index in [0.717, 1.165) is 29.4 Å². The topological polar surface area (TPSA) is 41.1 Å². The van der Waals surface area contributed by atoms with Crippen molar-refractivity contribution in [3.63, 3.8) is 0 Å². The average molecular weight is 328 g/mol. The van der Waals surface area contributed by atoms with Crippen LogP contribution in [0.15, 0.2) is 24.3 Å². The van der Waals surface area contributed by atoms with Gasteiger partial charge in [0.1, 0.15) is 5.82 Å². The highest BCUT2D eigenvalue weighted by atomic mass is 32.2. The first kappa shape index (κ1) is 16.6. The van der Waals surface area contributed by atoms with Crippen molar-refractivity contribution in [2.45, 2.75) is 18.2 Å². The third kappa shape index (κ3) is 6.28. The van der Waals surface area contributed by atoms with E-state index in [1.807, 2.05) is 17.8 Å². The van der Waals surface area contributed by atoms with E-state index in [-0.39, 0.29) is 11.7 Å². The molecule has 3 nitrogen and oxygen atoms in total. The Bertz CT molecular complexity index is 453. The Balaban J connectivity index is 1.55. The van der Waals surface area contributed by atoms with Crippen molar-refractivity contribution in [1.82, 2.24) is 10.6 Å². The van der Waals surface area contributed by atoms with Crippen LogP contribution in [0.1, 0.15) is 12.0 Å². The molecule has 1 unspecified atom stereocenters. The van der Waals surface area contributed by atoms with Crippen LogP contribution in [0.3, 0.4) is 0 Å². The maximum absolute atomic E-state index is 13.4. The molecule has 1 amide bonds. The van der Waals surface area contributed by atoms with Crippen LogP contribution >= 0.6 is 23.5 Å². The number of thioether (sulfide) groups is 2. The lowest BCUT2D eigenvalue weighted by Crippen LogP contribution is -2.41. The molecule has 21 heavy (non-hydrogen) atoms. The summed E-state index contributed by atoms with van der Waals surface area (Å²) in [6, 6.07) is 7.12. The second-order valence-corrected chi connectivity index (χ2v) is 7.18. The standard InChI is InChI=1S/C15H21FN2OS2/c16-14-4-2-1-3-12(14)10-20-8-6-18-15(19)9-13-11-21-7-5-17-13/h1-4,13,17H,5-11H2,(H,18,19). The van der Waals surface area contributed by atoms with Gasteiger partial charge < -0.3 is 10.6 Å². The van der Waals surface area contributed by atoms with Gasteiger partial charge in [-0.15, -0.1) is 0 Å². The third-order valence-corrected chi connectivity index (χ3v) is 5.35. The first-order valence-corrected chi connectivity index (χ1v) is 9.45. The molecule has 6 heteroatoms. The molecule has 0 spiro atoms. The Morgan fingerprint density at radius 3 is 3.10 bits per heavy atom. The van der Waals surface area contributed by atoms with Crippen molar-refractivity contribution in [1.29, 1.82) is 0 Å². The lowest BCUT2D eigenvalue weighted by Gasteiger charge is -2.22. The van der Waals surface area contributed by atoms with Gasteiger partial charge in [0.05, 0.1) is 0 Å². The zero-order valence-electron chi connectivity index (χ0n) is 11.9. The molecule has 2 N–H and O–H groups in total. The largest absolute Gasteiger partial charge is 0.355 e. The van der Waals surface area contributed by atoms with Gasteiger partial charge in [-0.05, 0) is 11.6 Å². The Morgan fingerprint density at radius 1 is 1.48 bits per heavy atom. The van der Waals surface area contributed by atoms with E-state index in [1.54, 1.807) is 23.9 Å². The highest BCUT2D eigenvalue weighted by Gasteiger charge is 2.16. The summed E-state index contributed by atoms with van der Waals surface area (Å²) < 4.78 is 13.4. The number of benzene rings is 1. The summed E-state index contributed by atoms with van der Waals surface area (Å²) in [7, 11) is 0. The predicted molar refractivity (Wildman–Crippen MR) is 89.3 cm³/mol. The molecule has 1 heterocycles. The van der Waals surface area contributed by atoms with Crippen LogP contribution in [0, 0.1) is 5.82 Å². The van der Waals surface area contributed by atoms with Crippen molar-refractivity contribution < 1.29 is 9.18 Å². The Morgan fingerprint density at radius 2 is 2.33 bits per heavy atom. The molecule has 1 fully saturated rings. The van der Waals surface area contributed by atoms with Crippen molar-refractivity contribution in [3.05, 3.63) is 35.6 Å². The molecule has 116 valence electrons. The molecule has 1 aliphatic rings. The minimum absolute atomic E-state index is 0.0986. The minimum Gasteiger partial charge on any atom is -0.355 e. The zero-order chi connectivity index (χ0) is 14.9. The van der Waals surface area contributed by atoms with Crippen LogP contribution in [0.25, 0.3) is 0 Å². The number of nitrogens with one attached hydrogen (secondary N) is 2. The summed E-state index contributed by atoms with van der Waals surface area (Å²) in [5, 5.41) is 6.28.